The molecule has 2 aromatic rings. The molecule has 3 rings (SSSR count). The Morgan fingerprint density at radius 1 is 1.17 bits per heavy atom. The minimum absolute atomic E-state index is 0.0579. The Labute approximate surface area is 135 Å². The third kappa shape index (κ3) is 3.28. The van der Waals surface area contributed by atoms with Gasteiger partial charge in [-0.3, -0.25) is 4.79 Å². The molecule has 0 spiro atoms. The molecule has 1 aliphatic heterocycles. The van der Waals surface area contributed by atoms with Crippen LogP contribution in [0.4, 0.5) is 11.6 Å². The molecular weight excluding hydrogens is 294 g/mol. The average molecular weight is 315 g/mol. The zero-order chi connectivity index (χ0) is 16.2. The fourth-order valence-electron chi connectivity index (χ4n) is 2.66. The number of aromatic nitrogens is 3. The topological polar surface area (TPSA) is 63.5 Å². The third-order valence-corrected chi connectivity index (χ3v) is 3.90. The van der Waals surface area contributed by atoms with Gasteiger partial charge in [-0.15, -0.1) is 0 Å². The van der Waals surface area contributed by atoms with Crippen molar-refractivity contribution in [2.45, 2.75) is 6.92 Å². The van der Waals surface area contributed by atoms with Crippen molar-refractivity contribution in [2.75, 3.05) is 42.6 Å². The van der Waals surface area contributed by atoms with Crippen molar-refractivity contribution in [3.63, 3.8) is 0 Å². The minimum atomic E-state index is -0.0579. The summed E-state index contributed by atoms with van der Waals surface area (Å²) in [5.74, 6) is 2.07. The van der Waals surface area contributed by atoms with Crippen molar-refractivity contribution in [3.8, 4) is 5.88 Å². The first kappa shape index (κ1) is 15.3. The van der Waals surface area contributed by atoms with E-state index >= 15 is 0 Å². The van der Waals surface area contributed by atoms with Gasteiger partial charge in [-0.1, -0.05) is 6.07 Å². The van der Waals surface area contributed by atoms with Gasteiger partial charge >= 0.3 is 0 Å². The first-order valence-electron chi connectivity index (χ1n) is 7.80. The number of hydrogen-bond donors (Lipinski definition) is 0. The number of rotatable bonds is 4. The van der Waals surface area contributed by atoms with Gasteiger partial charge in [-0.25, -0.2) is 4.98 Å². The number of pyridine rings is 1. The Kier molecular flexibility index (Phi) is 4.45. The van der Waals surface area contributed by atoms with Crippen LogP contribution < -0.4 is 20.1 Å². The zero-order valence-electron chi connectivity index (χ0n) is 13.5. The van der Waals surface area contributed by atoms with E-state index in [2.05, 4.69) is 14.9 Å². The summed E-state index contributed by atoms with van der Waals surface area (Å²) >= 11 is 0. The van der Waals surface area contributed by atoms with Crippen molar-refractivity contribution >= 4 is 11.6 Å². The second kappa shape index (κ2) is 6.68. The molecular formula is C16H21N5O2. The predicted molar refractivity (Wildman–Crippen MR) is 89.3 cm³/mol. The SMILES string of the molecule is CCOc1cccc(N2CCN(c3nccn(C)c3=O)CC2)n1. The van der Waals surface area contributed by atoms with Crippen molar-refractivity contribution in [3.05, 3.63) is 40.9 Å². The molecule has 1 saturated heterocycles. The van der Waals surface area contributed by atoms with Gasteiger partial charge in [0.25, 0.3) is 5.56 Å². The van der Waals surface area contributed by atoms with Gasteiger partial charge in [-0.05, 0) is 13.0 Å². The van der Waals surface area contributed by atoms with E-state index in [1.807, 2.05) is 30.0 Å². The molecule has 122 valence electrons. The molecule has 0 saturated carbocycles. The number of anilines is 2. The highest BCUT2D eigenvalue weighted by atomic mass is 16.5. The Morgan fingerprint density at radius 2 is 1.91 bits per heavy atom. The van der Waals surface area contributed by atoms with Crippen LogP contribution in [-0.2, 0) is 7.05 Å². The Balaban J connectivity index is 1.70. The van der Waals surface area contributed by atoms with E-state index in [9.17, 15) is 4.79 Å². The molecule has 0 aromatic carbocycles. The smallest absolute Gasteiger partial charge is 0.293 e. The van der Waals surface area contributed by atoms with Crippen molar-refractivity contribution in [2.24, 2.45) is 7.05 Å². The number of ether oxygens (including phenoxy) is 1. The molecule has 0 amide bonds. The Morgan fingerprint density at radius 3 is 2.65 bits per heavy atom. The molecule has 0 atom stereocenters. The van der Waals surface area contributed by atoms with Gasteiger partial charge in [0.1, 0.15) is 5.82 Å². The summed E-state index contributed by atoms with van der Waals surface area (Å²) in [6, 6.07) is 5.80. The first-order chi connectivity index (χ1) is 11.2. The standard InChI is InChI=1S/C16H21N5O2/c1-3-23-14-6-4-5-13(18-14)20-9-11-21(12-10-20)15-16(22)19(2)8-7-17-15/h4-8H,3,9-12H2,1-2H3. The summed E-state index contributed by atoms with van der Waals surface area (Å²) in [4.78, 5) is 25.1. The van der Waals surface area contributed by atoms with E-state index in [0.29, 0.717) is 18.3 Å². The van der Waals surface area contributed by atoms with E-state index < -0.39 is 0 Å². The summed E-state index contributed by atoms with van der Waals surface area (Å²) in [6.45, 7) is 5.62. The molecule has 0 bridgehead atoms. The molecule has 1 fully saturated rings. The van der Waals surface area contributed by atoms with Crippen LogP contribution >= 0.6 is 0 Å². The molecule has 7 heteroatoms. The van der Waals surface area contributed by atoms with Crippen LogP contribution in [0.3, 0.4) is 0 Å². The highest BCUT2D eigenvalue weighted by Gasteiger charge is 2.21. The summed E-state index contributed by atoms with van der Waals surface area (Å²) < 4.78 is 7.01. The maximum absolute atomic E-state index is 12.2. The first-order valence-corrected chi connectivity index (χ1v) is 7.80. The molecule has 2 aromatic heterocycles. The van der Waals surface area contributed by atoms with E-state index in [-0.39, 0.29) is 5.56 Å². The third-order valence-electron chi connectivity index (χ3n) is 3.90. The number of aryl methyl sites for hydroxylation is 1. The highest BCUT2D eigenvalue weighted by Crippen LogP contribution is 2.18. The molecule has 7 nitrogen and oxygen atoms in total. The van der Waals surface area contributed by atoms with Crippen molar-refractivity contribution in [1.29, 1.82) is 0 Å². The molecule has 23 heavy (non-hydrogen) atoms. The van der Waals surface area contributed by atoms with Gasteiger partial charge in [0, 0.05) is 51.7 Å². The zero-order valence-corrected chi connectivity index (χ0v) is 13.5. The normalized spacial score (nSPS) is 14.9. The Hall–Kier alpha value is -2.57. The monoisotopic (exact) mass is 315 g/mol. The molecule has 0 unspecified atom stereocenters. The van der Waals surface area contributed by atoms with Gasteiger partial charge in [0.2, 0.25) is 5.88 Å². The second-order valence-corrected chi connectivity index (χ2v) is 5.41. The van der Waals surface area contributed by atoms with Crippen LogP contribution in [0.2, 0.25) is 0 Å². The summed E-state index contributed by atoms with van der Waals surface area (Å²) in [7, 11) is 1.74. The molecule has 3 heterocycles. The molecule has 0 radical (unpaired) electrons. The fraction of sp³-hybridized carbons (Fsp3) is 0.438. The average Bonchev–Trinajstić information content (AvgIpc) is 2.58. The Bertz CT molecular complexity index is 722. The summed E-state index contributed by atoms with van der Waals surface area (Å²) in [5.41, 5.74) is -0.0579. The van der Waals surface area contributed by atoms with Crippen LogP contribution in [0.5, 0.6) is 5.88 Å². The van der Waals surface area contributed by atoms with Crippen molar-refractivity contribution < 1.29 is 4.74 Å². The summed E-state index contributed by atoms with van der Waals surface area (Å²) in [6.07, 6.45) is 3.33. The number of hydrogen-bond acceptors (Lipinski definition) is 6. The van der Waals surface area contributed by atoms with E-state index in [1.165, 1.54) is 0 Å². The molecule has 0 aliphatic carbocycles. The van der Waals surface area contributed by atoms with Crippen LogP contribution in [0.25, 0.3) is 0 Å². The van der Waals surface area contributed by atoms with E-state index in [0.717, 1.165) is 32.0 Å². The lowest BCUT2D eigenvalue weighted by Crippen LogP contribution is -2.49. The van der Waals surface area contributed by atoms with E-state index in [4.69, 9.17) is 4.74 Å². The lowest BCUT2D eigenvalue weighted by Gasteiger charge is -2.35. The van der Waals surface area contributed by atoms with Gasteiger partial charge in [-0.2, -0.15) is 4.98 Å². The lowest BCUT2D eigenvalue weighted by atomic mass is 10.3. The molecule has 1 aliphatic rings. The van der Waals surface area contributed by atoms with Gasteiger partial charge in [0.05, 0.1) is 6.61 Å². The number of nitrogens with zero attached hydrogens (tertiary/aromatic N) is 5. The van der Waals surface area contributed by atoms with Crippen LogP contribution in [0.15, 0.2) is 35.4 Å². The second-order valence-electron chi connectivity index (χ2n) is 5.41. The van der Waals surface area contributed by atoms with E-state index in [1.54, 1.807) is 24.0 Å². The van der Waals surface area contributed by atoms with Crippen LogP contribution in [0, 0.1) is 0 Å². The predicted octanol–water partition coefficient (Wildman–Crippen LogP) is 0.901. The summed E-state index contributed by atoms with van der Waals surface area (Å²) in [5, 5.41) is 0. The largest absolute Gasteiger partial charge is 0.478 e. The number of piperazine rings is 1. The minimum Gasteiger partial charge on any atom is -0.478 e. The lowest BCUT2D eigenvalue weighted by molar-refractivity contribution is 0.327. The van der Waals surface area contributed by atoms with Crippen LogP contribution in [-0.4, -0.2) is 47.3 Å². The quantitative estimate of drug-likeness (QED) is 0.835. The van der Waals surface area contributed by atoms with Crippen LogP contribution in [0.1, 0.15) is 6.92 Å². The molecule has 0 N–H and O–H groups in total. The highest BCUT2D eigenvalue weighted by molar-refractivity contribution is 5.45. The van der Waals surface area contributed by atoms with Crippen molar-refractivity contribution in [1.82, 2.24) is 14.5 Å². The maximum Gasteiger partial charge on any atom is 0.293 e. The van der Waals surface area contributed by atoms with Gasteiger partial charge in [0.15, 0.2) is 5.82 Å². The maximum atomic E-state index is 12.2. The fourth-order valence-corrected chi connectivity index (χ4v) is 2.66. The van der Waals surface area contributed by atoms with Gasteiger partial charge < -0.3 is 19.1 Å².